The molecule has 0 aromatic rings. The van der Waals surface area contributed by atoms with E-state index in [9.17, 15) is 0 Å². The van der Waals surface area contributed by atoms with Crippen molar-refractivity contribution in [1.29, 1.82) is 0 Å². The largest absolute Gasteiger partial charge is 0.311 e. The fourth-order valence-electron chi connectivity index (χ4n) is 2.02. The van der Waals surface area contributed by atoms with Crippen LogP contribution in [-0.2, 0) is 0 Å². The van der Waals surface area contributed by atoms with E-state index >= 15 is 0 Å². The zero-order valence-electron chi connectivity index (χ0n) is 10.2. The smallest absolute Gasteiger partial charge is 0.0176 e. The van der Waals surface area contributed by atoms with Gasteiger partial charge >= 0.3 is 0 Å². The third kappa shape index (κ3) is 4.80. The highest BCUT2D eigenvalue weighted by Crippen LogP contribution is 2.21. The Labute approximate surface area is 90.0 Å². The van der Waals surface area contributed by atoms with Gasteiger partial charge in [-0.25, -0.2) is 0 Å². The van der Waals surface area contributed by atoms with Crippen LogP contribution in [0.2, 0.25) is 0 Å². The van der Waals surface area contributed by atoms with Gasteiger partial charge in [0, 0.05) is 5.54 Å². The lowest BCUT2D eigenvalue weighted by molar-refractivity contribution is 0.277. The third-order valence-corrected chi connectivity index (χ3v) is 3.17. The van der Waals surface area contributed by atoms with E-state index in [-0.39, 0.29) is 0 Å². The van der Waals surface area contributed by atoms with Gasteiger partial charge in [-0.05, 0) is 38.6 Å². The number of rotatable bonds is 9. The summed E-state index contributed by atoms with van der Waals surface area (Å²) >= 11 is 0. The van der Waals surface area contributed by atoms with E-state index in [0.717, 1.165) is 13.0 Å². The highest BCUT2D eigenvalue weighted by Gasteiger charge is 2.23. The van der Waals surface area contributed by atoms with Crippen LogP contribution in [0.4, 0.5) is 0 Å². The molecule has 0 unspecified atom stereocenters. The van der Waals surface area contributed by atoms with E-state index in [4.69, 9.17) is 0 Å². The number of hydrogen-bond donors (Lipinski definition) is 1. The normalized spacial score (nSPS) is 11.6. The second-order valence-electron chi connectivity index (χ2n) is 4.10. The highest BCUT2D eigenvalue weighted by atomic mass is 15.0. The molecule has 0 radical (unpaired) electrons. The van der Waals surface area contributed by atoms with Crippen molar-refractivity contribution in [2.24, 2.45) is 0 Å². The van der Waals surface area contributed by atoms with Crippen LogP contribution in [-0.4, -0.2) is 12.1 Å². The van der Waals surface area contributed by atoms with Gasteiger partial charge in [-0.1, -0.05) is 33.3 Å². The Hall–Kier alpha value is -0.300. The third-order valence-electron chi connectivity index (χ3n) is 3.17. The van der Waals surface area contributed by atoms with Gasteiger partial charge in [0.05, 0.1) is 0 Å². The second-order valence-corrected chi connectivity index (χ2v) is 4.10. The van der Waals surface area contributed by atoms with E-state index in [0.29, 0.717) is 5.54 Å². The molecular formula is C13H27N. The van der Waals surface area contributed by atoms with Crippen LogP contribution in [0, 0.1) is 0 Å². The molecule has 0 heterocycles. The molecule has 0 bridgehead atoms. The van der Waals surface area contributed by atoms with Gasteiger partial charge in [0.1, 0.15) is 0 Å². The quantitative estimate of drug-likeness (QED) is 0.436. The molecule has 1 heteroatoms. The Morgan fingerprint density at radius 3 is 2.29 bits per heavy atom. The molecule has 0 saturated heterocycles. The molecule has 0 spiro atoms. The number of allylic oxidation sites excluding steroid dienone is 1. The summed E-state index contributed by atoms with van der Waals surface area (Å²) < 4.78 is 0. The van der Waals surface area contributed by atoms with Gasteiger partial charge in [-0.2, -0.15) is 0 Å². The van der Waals surface area contributed by atoms with Crippen LogP contribution in [0.3, 0.4) is 0 Å². The standard InChI is InChI=1S/C13H27N/c1-5-9-10-12-14-13(7-3,8-4)11-6-2/h5,14H,1,6-12H2,2-4H3. The van der Waals surface area contributed by atoms with Crippen molar-refractivity contribution in [1.82, 2.24) is 5.32 Å². The minimum absolute atomic E-state index is 0.399. The lowest BCUT2D eigenvalue weighted by Gasteiger charge is -2.33. The molecule has 14 heavy (non-hydrogen) atoms. The lowest BCUT2D eigenvalue weighted by Crippen LogP contribution is -2.44. The highest BCUT2D eigenvalue weighted by molar-refractivity contribution is 4.85. The fourth-order valence-corrected chi connectivity index (χ4v) is 2.02. The zero-order valence-corrected chi connectivity index (χ0v) is 10.2. The summed E-state index contributed by atoms with van der Waals surface area (Å²) in [4.78, 5) is 0. The SMILES string of the molecule is C=CCCCNC(CC)(CC)CCC. The van der Waals surface area contributed by atoms with Crippen LogP contribution in [0.15, 0.2) is 12.7 Å². The first-order valence-corrected chi connectivity index (χ1v) is 6.10. The molecule has 84 valence electrons. The van der Waals surface area contributed by atoms with Crippen LogP contribution in [0.5, 0.6) is 0 Å². The van der Waals surface area contributed by atoms with Crippen LogP contribution < -0.4 is 5.32 Å². The van der Waals surface area contributed by atoms with Gasteiger partial charge in [-0.3, -0.25) is 0 Å². The van der Waals surface area contributed by atoms with Crippen molar-refractivity contribution in [2.75, 3.05) is 6.54 Å². The predicted octanol–water partition coefficient (Wildman–Crippen LogP) is 3.90. The van der Waals surface area contributed by atoms with Crippen LogP contribution in [0.1, 0.15) is 59.3 Å². The van der Waals surface area contributed by atoms with Gasteiger partial charge in [-0.15, -0.1) is 6.58 Å². The number of nitrogens with one attached hydrogen (secondary N) is 1. The molecule has 0 aliphatic carbocycles. The first-order chi connectivity index (χ1) is 6.74. The van der Waals surface area contributed by atoms with E-state index in [1.807, 2.05) is 6.08 Å². The van der Waals surface area contributed by atoms with E-state index in [1.165, 1.54) is 32.1 Å². The first kappa shape index (κ1) is 13.7. The molecule has 0 aromatic carbocycles. The monoisotopic (exact) mass is 197 g/mol. The molecule has 0 fully saturated rings. The second kappa shape index (κ2) is 8.05. The number of hydrogen-bond acceptors (Lipinski definition) is 1. The fraction of sp³-hybridized carbons (Fsp3) is 0.846. The van der Waals surface area contributed by atoms with Crippen LogP contribution in [0.25, 0.3) is 0 Å². The molecule has 0 atom stereocenters. The Kier molecular flexibility index (Phi) is 7.87. The topological polar surface area (TPSA) is 12.0 Å². The molecule has 0 aliphatic rings. The number of unbranched alkanes of at least 4 members (excludes halogenated alkanes) is 1. The first-order valence-electron chi connectivity index (χ1n) is 6.10. The Morgan fingerprint density at radius 1 is 1.21 bits per heavy atom. The minimum atomic E-state index is 0.399. The van der Waals surface area contributed by atoms with E-state index in [2.05, 4.69) is 32.7 Å². The maximum absolute atomic E-state index is 3.74. The maximum Gasteiger partial charge on any atom is 0.0176 e. The average Bonchev–Trinajstić information content (AvgIpc) is 2.23. The lowest BCUT2D eigenvalue weighted by atomic mass is 9.87. The van der Waals surface area contributed by atoms with Crippen molar-refractivity contribution in [3.05, 3.63) is 12.7 Å². The van der Waals surface area contributed by atoms with Crippen molar-refractivity contribution in [3.8, 4) is 0 Å². The van der Waals surface area contributed by atoms with Gasteiger partial charge in [0.25, 0.3) is 0 Å². The van der Waals surface area contributed by atoms with Gasteiger partial charge in [0.2, 0.25) is 0 Å². The summed E-state index contributed by atoms with van der Waals surface area (Å²) in [6.45, 7) is 11.7. The maximum atomic E-state index is 3.74. The summed E-state index contributed by atoms with van der Waals surface area (Å²) in [6.07, 6.45) is 9.40. The van der Waals surface area contributed by atoms with E-state index < -0.39 is 0 Å². The molecule has 0 rings (SSSR count). The molecule has 0 aromatic heterocycles. The summed E-state index contributed by atoms with van der Waals surface area (Å²) in [7, 11) is 0. The Balaban J connectivity index is 3.87. The van der Waals surface area contributed by atoms with Crippen molar-refractivity contribution in [3.63, 3.8) is 0 Å². The van der Waals surface area contributed by atoms with Crippen molar-refractivity contribution >= 4 is 0 Å². The summed E-state index contributed by atoms with van der Waals surface area (Å²) in [5, 5.41) is 3.72. The predicted molar refractivity (Wildman–Crippen MR) is 65.7 cm³/mol. The van der Waals surface area contributed by atoms with Crippen molar-refractivity contribution < 1.29 is 0 Å². The molecule has 1 N–H and O–H groups in total. The van der Waals surface area contributed by atoms with Gasteiger partial charge in [0.15, 0.2) is 0 Å². The Morgan fingerprint density at radius 2 is 1.86 bits per heavy atom. The Bertz CT molecular complexity index is 136. The van der Waals surface area contributed by atoms with E-state index in [1.54, 1.807) is 0 Å². The molecule has 0 saturated carbocycles. The minimum Gasteiger partial charge on any atom is -0.311 e. The average molecular weight is 197 g/mol. The molecule has 0 amide bonds. The van der Waals surface area contributed by atoms with Gasteiger partial charge < -0.3 is 5.32 Å². The zero-order chi connectivity index (χ0) is 10.9. The summed E-state index contributed by atoms with van der Waals surface area (Å²) in [5.74, 6) is 0. The van der Waals surface area contributed by atoms with Crippen LogP contribution >= 0.6 is 0 Å². The summed E-state index contributed by atoms with van der Waals surface area (Å²) in [6, 6.07) is 0. The molecule has 0 aliphatic heterocycles. The summed E-state index contributed by atoms with van der Waals surface area (Å²) in [5.41, 5.74) is 0.399. The van der Waals surface area contributed by atoms with Crippen molar-refractivity contribution in [2.45, 2.75) is 64.8 Å². The molecule has 1 nitrogen and oxygen atoms in total. The molecular weight excluding hydrogens is 170 g/mol.